The lowest BCUT2D eigenvalue weighted by Crippen LogP contribution is -2.22. The minimum atomic E-state index is -0.363. The fraction of sp³-hybridized carbons (Fsp3) is 0.0769. The van der Waals surface area contributed by atoms with Gasteiger partial charge in [0.1, 0.15) is 0 Å². The van der Waals surface area contributed by atoms with Gasteiger partial charge in [0.25, 0.3) is 11.8 Å². The van der Waals surface area contributed by atoms with Gasteiger partial charge in [-0.3, -0.25) is 14.9 Å². The molecule has 0 saturated heterocycles. The van der Waals surface area contributed by atoms with Gasteiger partial charge in [0, 0.05) is 6.08 Å². The SMILES string of the molecule is C=Cc1cccc(C)c1C1=CC(=O)NC1=O. The van der Waals surface area contributed by atoms with Crippen LogP contribution in [0.15, 0.2) is 30.9 Å². The molecular formula is C13H11NO2. The summed E-state index contributed by atoms with van der Waals surface area (Å²) >= 11 is 0. The topological polar surface area (TPSA) is 46.2 Å². The summed E-state index contributed by atoms with van der Waals surface area (Å²) in [4.78, 5) is 22.7. The summed E-state index contributed by atoms with van der Waals surface area (Å²) in [5.74, 6) is -0.708. The Labute approximate surface area is 93.5 Å². The Hall–Kier alpha value is -2.16. The first-order valence-corrected chi connectivity index (χ1v) is 4.93. The number of imide groups is 1. The summed E-state index contributed by atoms with van der Waals surface area (Å²) in [6, 6.07) is 5.66. The number of rotatable bonds is 2. The maximum atomic E-state index is 11.6. The lowest BCUT2D eigenvalue weighted by atomic mass is 9.95. The Morgan fingerprint density at radius 1 is 1.31 bits per heavy atom. The number of hydrogen-bond donors (Lipinski definition) is 1. The standard InChI is InChI=1S/C13H11NO2/c1-3-9-6-4-5-8(2)12(9)10-7-11(15)14-13(10)16/h3-7H,1H2,2H3,(H,14,15,16). The molecule has 0 aliphatic carbocycles. The van der Waals surface area contributed by atoms with E-state index in [1.807, 2.05) is 25.1 Å². The number of amides is 2. The van der Waals surface area contributed by atoms with Crippen molar-refractivity contribution >= 4 is 23.5 Å². The number of nitrogens with one attached hydrogen (secondary N) is 1. The predicted octanol–water partition coefficient (Wildman–Crippen LogP) is 1.68. The lowest BCUT2D eigenvalue weighted by Gasteiger charge is -2.09. The average molecular weight is 213 g/mol. The smallest absolute Gasteiger partial charge is 0.258 e. The monoisotopic (exact) mass is 213 g/mol. The van der Waals surface area contributed by atoms with Crippen LogP contribution in [0.1, 0.15) is 16.7 Å². The molecule has 0 radical (unpaired) electrons. The van der Waals surface area contributed by atoms with E-state index in [2.05, 4.69) is 11.9 Å². The first-order chi connectivity index (χ1) is 7.63. The molecule has 2 amide bonds. The quantitative estimate of drug-likeness (QED) is 0.760. The van der Waals surface area contributed by atoms with Crippen molar-refractivity contribution in [3.8, 4) is 0 Å². The molecule has 0 aromatic heterocycles. The van der Waals surface area contributed by atoms with Crippen LogP contribution in [0.3, 0.4) is 0 Å². The van der Waals surface area contributed by atoms with Gasteiger partial charge in [-0.2, -0.15) is 0 Å². The van der Waals surface area contributed by atoms with Crippen LogP contribution in [0.5, 0.6) is 0 Å². The van der Waals surface area contributed by atoms with Crippen molar-refractivity contribution in [2.45, 2.75) is 6.92 Å². The fourth-order valence-corrected chi connectivity index (χ4v) is 1.83. The highest BCUT2D eigenvalue weighted by atomic mass is 16.2. The maximum Gasteiger partial charge on any atom is 0.258 e. The Bertz CT molecular complexity index is 527. The van der Waals surface area contributed by atoms with Crippen LogP contribution < -0.4 is 5.32 Å². The van der Waals surface area contributed by atoms with Crippen molar-refractivity contribution in [1.82, 2.24) is 5.32 Å². The van der Waals surface area contributed by atoms with Crippen LogP contribution in [0, 0.1) is 6.92 Å². The van der Waals surface area contributed by atoms with Crippen LogP contribution >= 0.6 is 0 Å². The van der Waals surface area contributed by atoms with Crippen LogP contribution in [0.2, 0.25) is 0 Å². The molecule has 80 valence electrons. The summed E-state index contributed by atoms with van der Waals surface area (Å²) in [5, 5.41) is 2.24. The van der Waals surface area contributed by atoms with Crippen molar-refractivity contribution in [2.75, 3.05) is 0 Å². The summed E-state index contributed by atoms with van der Waals surface area (Å²) in [6.45, 7) is 5.61. The lowest BCUT2D eigenvalue weighted by molar-refractivity contribution is -0.123. The van der Waals surface area contributed by atoms with E-state index in [0.29, 0.717) is 5.57 Å². The zero-order valence-corrected chi connectivity index (χ0v) is 8.91. The molecule has 0 spiro atoms. The number of carbonyl (C=O) groups excluding carboxylic acids is 2. The zero-order valence-electron chi connectivity index (χ0n) is 8.91. The van der Waals surface area contributed by atoms with Gasteiger partial charge in [-0.05, 0) is 23.6 Å². The second-order valence-corrected chi connectivity index (χ2v) is 3.62. The number of aryl methyl sites for hydroxylation is 1. The molecule has 1 heterocycles. The van der Waals surface area contributed by atoms with Crippen molar-refractivity contribution in [1.29, 1.82) is 0 Å². The molecule has 2 rings (SSSR count). The van der Waals surface area contributed by atoms with Crippen LogP contribution in [0.4, 0.5) is 0 Å². The van der Waals surface area contributed by atoms with Gasteiger partial charge < -0.3 is 0 Å². The highest BCUT2D eigenvalue weighted by molar-refractivity contribution is 6.34. The van der Waals surface area contributed by atoms with E-state index in [9.17, 15) is 9.59 Å². The molecule has 3 heteroatoms. The van der Waals surface area contributed by atoms with E-state index >= 15 is 0 Å². The highest BCUT2D eigenvalue weighted by Crippen LogP contribution is 2.26. The van der Waals surface area contributed by atoms with Gasteiger partial charge in [0.2, 0.25) is 0 Å². The van der Waals surface area contributed by atoms with E-state index in [0.717, 1.165) is 16.7 Å². The van der Waals surface area contributed by atoms with Gasteiger partial charge in [0.15, 0.2) is 0 Å². The van der Waals surface area contributed by atoms with Gasteiger partial charge >= 0.3 is 0 Å². The third-order valence-corrected chi connectivity index (χ3v) is 2.55. The van der Waals surface area contributed by atoms with Crippen molar-refractivity contribution in [3.63, 3.8) is 0 Å². The minimum absolute atomic E-state index is 0.345. The Kier molecular flexibility index (Phi) is 2.44. The average Bonchev–Trinajstić information content (AvgIpc) is 2.57. The molecular weight excluding hydrogens is 202 g/mol. The van der Waals surface area contributed by atoms with E-state index in [4.69, 9.17) is 0 Å². The molecule has 1 aromatic carbocycles. The Morgan fingerprint density at radius 2 is 2.06 bits per heavy atom. The fourth-order valence-electron chi connectivity index (χ4n) is 1.83. The summed E-state index contributed by atoms with van der Waals surface area (Å²) in [6.07, 6.45) is 3.01. The largest absolute Gasteiger partial charge is 0.289 e. The van der Waals surface area contributed by atoms with Crippen molar-refractivity contribution in [2.24, 2.45) is 0 Å². The first kappa shape index (κ1) is 10.4. The van der Waals surface area contributed by atoms with Crippen molar-refractivity contribution in [3.05, 3.63) is 47.5 Å². The highest BCUT2D eigenvalue weighted by Gasteiger charge is 2.24. The summed E-state index contributed by atoms with van der Waals surface area (Å²) < 4.78 is 0. The number of benzene rings is 1. The summed E-state index contributed by atoms with van der Waals surface area (Å²) in [7, 11) is 0. The minimum Gasteiger partial charge on any atom is -0.289 e. The molecule has 0 saturated carbocycles. The van der Waals surface area contributed by atoms with Gasteiger partial charge in [-0.1, -0.05) is 30.9 Å². The number of carbonyl (C=O) groups is 2. The molecule has 0 bridgehead atoms. The van der Waals surface area contributed by atoms with E-state index in [-0.39, 0.29) is 11.8 Å². The Balaban J connectivity index is 2.64. The van der Waals surface area contributed by atoms with E-state index < -0.39 is 0 Å². The third kappa shape index (κ3) is 1.56. The first-order valence-electron chi connectivity index (χ1n) is 4.93. The van der Waals surface area contributed by atoms with Gasteiger partial charge in [-0.25, -0.2) is 0 Å². The molecule has 1 aliphatic heterocycles. The maximum absolute atomic E-state index is 11.6. The second-order valence-electron chi connectivity index (χ2n) is 3.62. The second kappa shape index (κ2) is 3.77. The molecule has 3 nitrogen and oxygen atoms in total. The molecule has 0 fully saturated rings. The summed E-state index contributed by atoms with van der Waals surface area (Å²) in [5.41, 5.74) is 3.00. The Morgan fingerprint density at radius 3 is 2.62 bits per heavy atom. The van der Waals surface area contributed by atoms with Gasteiger partial charge in [0.05, 0.1) is 5.57 Å². The van der Waals surface area contributed by atoms with Crippen LogP contribution in [-0.2, 0) is 9.59 Å². The molecule has 0 atom stereocenters. The predicted molar refractivity (Wildman–Crippen MR) is 62.4 cm³/mol. The van der Waals surface area contributed by atoms with Gasteiger partial charge in [-0.15, -0.1) is 0 Å². The number of hydrogen-bond acceptors (Lipinski definition) is 2. The van der Waals surface area contributed by atoms with Crippen LogP contribution in [-0.4, -0.2) is 11.8 Å². The molecule has 1 aliphatic rings. The molecule has 0 unspecified atom stereocenters. The molecule has 16 heavy (non-hydrogen) atoms. The normalized spacial score (nSPS) is 14.7. The molecule has 1 aromatic rings. The van der Waals surface area contributed by atoms with E-state index in [1.165, 1.54) is 6.08 Å². The van der Waals surface area contributed by atoms with Crippen LogP contribution in [0.25, 0.3) is 11.6 Å². The zero-order chi connectivity index (χ0) is 11.7. The van der Waals surface area contributed by atoms with E-state index in [1.54, 1.807) is 6.08 Å². The third-order valence-electron chi connectivity index (χ3n) is 2.55. The molecule has 1 N–H and O–H groups in total. The van der Waals surface area contributed by atoms with Crippen molar-refractivity contribution < 1.29 is 9.59 Å².